The van der Waals surface area contributed by atoms with Crippen LogP contribution in [0.4, 0.5) is 5.69 Å². The first-order valence-electron chi connectivity index (χ1n) is 11.9. The second kappa shape index (κ2) is 16.2. The van der Waals surface area contributed by atoms with Crippen molar-refractivity contribution in [3.8, 4) is 23.0 Å². The van der Waals surface area contributed by atoms with E-state index in [2.05, 4.69) is 10.3 Å². The van der Waals surface area contributed by atoms with E-state index in [0.29, 0.717) is 40.3 Å². The molecule has 1 aromatic heterocycles. The Morgan fingerprint density at radius 3 is 2.45 bits per heavy atom. The van der Waals surface area contributed by atoms with E-state index in [-0.39, 0.29) is 19.2 Å². The lowest BCUT2D eigenvalue weighted by Crippen LogP contribution is -2.14. The summed E-state index contributed by atoms with van der Waals surface area (Å²) in [5.74, 6) is 1.16. The van der Waals surface area contributed by atoms with Crippen LogP contribution in [0.3, 0.4) is 0 Å². The number of oxazole rings is 1. The standard InChI is InChI=1S/C18H18N2O4.C8H6Cl2O2.C2H6/c1-3-22-17(21)11-23-14-7-4-12(5-8-14)18-20-15-10-13(19-2)6-9-16(15)24-18;9-6-2-1-3-7(8(6)10)12-5-4-11;1-2/h4-10,19H,3,11H2,1-2H3;1-4H,5H2;1-2H3. The molecule has 0 atom stereocenters. The summed E-state index contributed by atoms with van der Waals surface area (Å²) < 4.78 is 20.9. The second-order valence-electron chi connectivity index (χ2n) is 7.10. The molecule has 0 saturated heterocycles. The van der Waals surface area contributed by atoms with Gasteiger partial charge in [0, 0.05) is 18.3 Å². The molecule has 1 heterocycles. The number of nitrogens with zero attached hydrogens (tertiary/aromatic N) is 1. The molecular formula is C28H30Cl2N2O6. The third-order valence-corrected chi connectivity index (χ3v) is 5.46. The molecule has 1 N–H and O–H groups in total. The molecule has 0 amide bonds. The minimum absolute atomic E-state index is 0.0138. The van der Waals surface area contributed by atoms with E-state index in [9.17, 15) is 9.59 Å². The lowest BCUT2D eigenvalue weighted by atomic mass is 10.2. The van der Waals surface area contributed by atoms with Crippen molar-refractivity contribution >= 4 is 52.2 Å². The first kappa shape index (κ1) is 30.5. The second-order valence-corrected chi connectivity index (χ2v) is 7.88. The van der Waals surface area contributed by atoms with E-state index in [1.54, 1.807) is 37.3 Å². The number of ether oxygens (including phenoxy) is 3. The highest BCUT2D eigenvalue weighted by Gasteiger charge is 2.10. The smallest absolute Gasteiger partial charge is 0.344 e. The Morgan fingerprint density at radius 1 is 1.05 bits per heavy atom. The number of carbonyl (C=O) groups excluding carboxylic acids is 2. The maximum Gasteiger partial charge on any atom is 0.344 e. The monoisotopic (exact) mass is 560 g/mol. The molecule has 0 spiro atoms. The number of fused-ring (bicyclic) bond motifs is 1. The number of hydrogen-bond acceptors (Lipinski definition) is 8. The van der Waals surface area contributed by atoms with Crippen LogP contribution in [-0.2, 0) is 14.3 Å². The molecule has 0 fully saturated rings. The van der Waals surface area contributed by atoms with Gasteiger partial charge in [0.25, 0.3) is 0 Å². The number of halogens is 2. The molecule has 0 unspecified atom stereocenters. The van der Waals surface area contributed by atoms with Crippen LogP contribution in [-0.4, -0.2) is 44.1 Å². The fourth-order valence-corrected chi connectivity index (χ4v) is 3.31. The van der Waals surface area contributed by atoms with Crippen molar-refractivity contribution in [2.75, 3.05) is 32.2 Å². The van der Waals surface area contributed by atoms with E-state index < -0.39 is 0 Å². The SMILES string of the molecule is CC.CCOC(=O)COc1ccc(-c2nc3cc(NC)ccc3o2)cc1.O=CCOc1cccc(Cl)c1Cl. The van der Waals surface area contributed by atoms with Crippen molar-refractivity contribution in [2.45, 2.75) is 20.8 Å². The van der Waals surface area contributed by atoms with Gasteiger partial charge in [0.2, 0.25) is 5.89 Å². The summed E-state index contributed by atoms with van der Waals surface area (Å²) in [6.45, 7) is 5.98. The number of nitrogens with one attached hydrogen (secondary N) is 1. The Labute approximate surface area is 231 Å². The Bertz CT molecular complexity index is 1310. The summed E-state index contributed by atoms with van der Waals surface area (Å²) in [6, 6.07) is 18.0. The van der Waals surface area contributed by atoms with Gasteiger partial charge < -0.3 is 23.9 Å². The molecule has 0 aliphatic rings. The van der Waals surface area contributed by atoms with Gasteiger partial charge in [-0.3, -0.25) is 4.79 Å². The summed E-state index contributed by atoms with van der Waals surface area (Å²) in [4.78, 5) is 25.8. The molecule has 38 heavy (non-hydrogen) atoms. The molecule has 202 valence electrons. The van der Waals surface area contributed by atoms with Gasteiger partial charge in [-0.05, 0) is 61.5 Å². The Kier molecular flexibility index (Phi) is 13.0. The lowest BCUT2D eigenvalue weighted by Gasteiger charge is -2.05. The molecule has 0 aliphatic carbocycles. The van der Waals surface area contributed by atoms with Gasteiger partial charge in [0.15, 0.2) is 18.5 Å². The van der Waals surface area contributed by atoms with Crippen molar-refractivity contribution in [2.24, 2.45) is 0 Å². The molecule has 4 rings (SSSR count). The number of esters is 1. The van der Waals surface area contributed by atoms with Crippen LogP contribution in [0.1, 0.15) is 20.8 Å². The fourth-order valence-electron chi connectivity index (χ4n) is 2.96. The van der Waals surface area contributed by atoms with Gasteiger partial charge >= 0.3 is 5.97 Å². The van der Waals surface area contributed by atoms with Crippen molar-refractivity contribution < 1.29 is 28.2 Å². The predicted octanol–water partition coefficient (Wildman–Crippen LogP) is 7.08. The molecule has 0 aliphatic heterocycles. The Hall–Kier alpha value is -3.75. The van der Waals surface area contributed by atoms with E-state index in [1.165, 1.54) is 0 Å². The van der Waals surface area contributed by atoms with Crippen molar-refractivity contribution in [1.82, 2.24) is 4.98 Å². The van der Waals surface area contributed by atoms with Gasteiger partial charge in [0.1, 0.15) is 28.6 Å². The minimum atomic E-state index is -0.388. The number of aldehydes is 1. The van der Waals surface area contributed by atoms with Crippen LogP contribution in [0.25, 0.3) is 22.6 Å². The highest BCUT2D eigenvalue weighted by molar-refractivity contribution is 6.42. The molecule has 3 aromatic carbocycles. The van der Waals surface area contributed by atoms with Gasteiger partial charge in [-0.1, -0.05) is 43.1 Å². The molecule has 4 aromatic rings. The zero-order valence-corrected chi connectivity index (χ0v) is 23.1. The van der Waals surface area contributed by atoms with Crippen molar-refractivity contribution in [1.29, 1.82) is 0 Å². The average molecular weight is 561 g/mol. The van der Waals surface area contributed by atoms with E-state index in [1.807, 2.05) is 51.2 Å². The predicted molar refractivity (Wildman–Crippen MR) is 150 cm³/mol. The first-order chi connectivity index (χ1) is 18.4. The van der Waals surface area contributed by atoms with Gasteiger partial charge in [-0.15, -0.1) is 0 Å². The maximum absolute atomic E-state index is 11.3. The lowest BCUT2D eigenvalue weighted by molar-refractivity contribution is -0.145. The third-order valence-electron chi connectivity index (χ3n) is 4.66. The van der Waals surface area contributed by atoms with Crippen molar-refractivity contribution in [3.05, 3.63) is 70.7 Å². The Morgan fingerprint density at radius 2 is 1.79 bits per heavy atom. The highest BCUT2D eigenvalue weighted by atomic mass is 35.5. The minimum Gasteiger partial charge on any atom is -0.485 e. The van der Waals surface area contributed by atoms with E-state index >= 15 is 0 Å². The number of hydrogen-bond donors (Lipinski definition) is 1. The number of anilines is 1. The first-order valence-corrected chi connectivity index (χ1v) is 12.7. The largest absolute Gasteiger partial charge is 0.485 e. The molecule has 8 nitrogen and oxygen atoms in total. The molecule has 10 heteroatoms. The summed E-state index contributed by atoms with van der Waals surface area (Å²) in [6.07, 6.45) is 0.650. The average Bonchev–Trinajstić information content (AvgIpc) is 3.38. The summed E-state index contributed by atoms with van der Waals surface area (Å²) in [5.41, 5.74) is 3.33. The topological polar surface area (TPSA) is 99.9 Å². The van der Waals surface area contributed by atoms with Crippen molar-refractivity contribution in [3.63, 3.8) is 0 Å². The van der Waals surface area contributed by atoms with Crippen LogP contribution in [0.2, 0.25) is 10.0 Å². The van der Waals surface area contributed by atoms with Crippen LogP contribution >= 0.6 is 23.2 Å². The summed E-state index contributed by atoms with van der Waals surface area (Å²) in [5, 5.41) is 3.82. The number of aromatic nitrogens is 1. The number of carbonyl (C=O) groups is 2. The zero-order valence-electron chi connectivity index (χ0n) is 21.6. The van der Waals surface area contributed by atoms with E-state index in [4.69, 9.17) is 41.8 Å². The molecule has 0 bridgehead atoms. The zero-order chi connectivity index (χ0) is 27.9. The van der Waals surface area contributed by atoms with Crippen LogP contribution in [0.5, 0.6) is 11.5 Å². The highest BCUT2D eigenvalue weighted by Crippen LogP contribution is 2.31. The molecule has 0 saturated carbocycles. The van der Waals surface area contributed by atoms with Gasteiger partial charge in [-0.2, -0.15) is 0 Å². The fraction of sp³-hybridized carbons (Fsp3) is 0.250. The maximum atomic E-state index is 11.3. The van der Waals surface area contributed by atoms with Gasteiger partial charge in [-0.25, -0.2) is 9.78 Å². The molecular weight excluding hydrogens is 531 g/mol. The summed E-state index contributed by atoms with van der Waals surface area (Å²) >= 11 is 11.4. The quantitative estimate of drug-likeness (QED) is 0.171. The van der Waals surface area contributed by atoms with Crippen LogP contribution < -0.4 is 14.8 Å². The van der Waals surface area contributed by atoms with Crippen LogP contribution in [0.15, 0.2) is 65.1 Å². The molecule has 0 radical (unpaired) electrons. The van der Waals surface area contributed by atoms with Crippen LogP contribution in [0, 0.1) is 0 Å². The number of benzene rings is 3. The Balaban J connectivity index is 0.000000305. The normalized spacial score (nSPS) is 9.84. The third kappa shape index (κ3) is 8.97. The summed E-state index contributed by atoms with van der Waals surface area (Å²) in [7, 11) is 1.86. The van der Waals surface area contributed by atoms with Gasteiger partial charge in [0.05, 0.1) is 11.6 Å². The number of rotatable bonds is 9. The van der Waals surface area contributed by atoms with E-state index in [0.717, 1.165) is 22.4 Å².